The Morgan fingerprint density at radius 3 is 2.55 bits per heavy atom. The monoisotopic (exact) mass is 524 g/mol. The maximum absolute atomic E-state index is 13.5. The third-order valence-corrected chi connectivity index (χ3v) is 7.27. The number of nitrogens with zero attached hydrogens (tertiary/aromatic N) is 2. The molecule has 0 bridgehead atoms. The molecule has 0 aliphatic carbocycles. The van der Waals surface area contributed by atoms with Crippen LogP contribution in [0.4, 0.5) is 4.79 Å². The number of alkyl carbamates (subject to hydrolysis) is 1. The molecule has 204 valence electrons. The summed E-state index contributed by atoms with van der Waals surface area (Å²) in [5.74, 6) is -0.157. The van der Waals surface area contributed by atoms with Crippen molar-refractivity contribution in [1.82, 2.24) is 20.4 Å². The molecule has 2 fully saturated rings. The highest BCUT2D eigenvalue weighted by Gasteiger charge is 2.53. The number of rotatable bonds is 10. The number of amides is 4. The lowest BCUT2D eigenvalue weighted by Crippen LogP contribution is -2.73. The molecule has 2 saturated heterocycles. The molecule has 1 aromatic carbocycles. The van der Waals surface area contributed by atoms with Crippen LogP contribution in [0.25, 0.3) is 0 Å². The van der Waals surface area contributed by atoms with Gasteiger partial charge in [0.2, 0.25) is 11.8 Å². The Bertz CT molecular complexity index is 1100. The zero-order chi connectivity index (χ0) is 27.0. The first kappa shape index (κ1) is 27.2. The van der Waals surface area contributed by atoms with E-state index < -0.39 is 17.7 Å². The zero-order valence-corrected chi connectivity index (χ0v) is 21.8. The first-order chi connectivity index (χ1) is 18.4. The van der Waals surface area contributed by atoms with E-state index in [-0.39, 0.29) is 30.1 Å². The summed E-state index contributed by atoms with van der Waals surface area (Å²) in [6.45, 7) is 3.85. The molecule has 0 unspecified atom stereocenters. The number of ether oxygens (including phenoxy) is 1. The molecule has 1 spiro atoms. The fraction of sp³-hybridized carbons (Fsp3) is 0.500. The summed E-state index contributed by atoms with van der Waals surface area (Å²) in [7, 11) is 0. The Morgan fingerprint density at radius 1 is 1.11 bits per heavy atom. The van der Waals surface area contributed by atoms with E-state index >= 15 is 0 Å². The van der Waals surface area contributed by atoms with Crippen LogP contribution in [0.15, 0.2) is 53.1 Å². The van der Waals surface area contributed by atoms with Crippen LogP contribution in [-0.4, -0.2) is 71.4 Å². The van der Waals surface area contributed by atoms with Crippen molar-refractivity contribution in [3.63, 3.8) is 0 Å². The summed E-state index contributed by atoms with van der Waals surface area (Å²) >= 11 is 0. The lowest BCUT2D eigenvalue weighted by molar-refractivity contribution is -0.161. The van der Waals surface area contributed by atoms with Crippen LogP contribution in [0.1, 0.15) is 61.6 Å². The molecule has 10 nitrogen and oxygen atoms in total. The molecule has 0 radical (unpaired) electrons. The van der Waals surface area contributed by atoms with Crippen molar-refractivity contribution in [2.75, 3.05) is 26.2 Å². The van der Waals surface area contributed by atoms with E-state index in [0.29, 0.717) is 58.3 Å². The molecule has 2 aliphatic rings. The van der Waals surface area contributed by atoms with Crippen LogP contribution >= 0.6 is 0 Å². The van der Waals surface area contributed by atoms with Gasteiger partial charge in [-0.1, -0.05) is 37.3 Å². The van der Waals surface area contributed by atoms with Crippen molar-refractivity contribution in [1.29, 1.82) is 0 Å². The van der Waals surface area contributed by atoms with Gasteiger partial charge in [0.25, 0.3) is 5.91 Å². The highest BCUT2D eigenvalue weighted by Crippen LogP contribution is 2.34. The van der Waals surface area contributed by atoms with Gasteiger partial charge in [0.05, 0.1) is 6.26 Å². The van der Waals surface area contributed by atoms with E-state index in [2.05, 4.69) is 10.6 Å². The van der Waals surface area contributed by atoms with E-state index in [4.69, 9.17) is 9.15 Å². The minimum atomic E-state index is -0.937. The van der Waals surface area contributed by atoms with Gasteiger partial charge in [0.1, 0.15) is 18.2 Å². The van der Waals surface area contributed by atoms with E-state index in [9.17, 15) is 19.2 Å². The van der Waals surface area contributed by atoms with Crippen molar-refractivity contribution in [2.45, 2.75) is 63.6 Å². The average Bonchev–Trinajstić information content (AvgIpc) is 3.48. The van der Waals surface area contributed by atoms with Gasteiger partial charge in [-0.15, -0.1) is 0 Å². The lowest BCUT2D eigenvalue weighted by Gasteiger charge is -2.51. The minimum absolute atomic E-state index is 0.0764. The van der Waals surface area contributed by atoms with E-state index in [0.717, 1.165) is 12.0 Å². The second kappa shape index (κ2) is 12.6. The Balaban J connectivity index is 1.24. The van der Waals surface area contributed by atoms with Crippen LogP contribution in [0.2, 0.25) is 0 Å². The number of furan rings is 1. The Morgan fingerprint density at radius 2 is 1.87 bits per heavy atom. The maximum atomic E-state index is 13.5. The number of carbonyl (C=O) groups excluding carboxylic acids is 4. The highest BCUT2D eigenvalue weighted by atomic mass is 16.5. The van der Waals surface area contributed by atoms with Crippen molar-refractivity contribution < 1.29 is 28.3 Å². The van der Waals surface area contributed by atoms with E-state index in [1.165, 1.54) is 6.26 Å². The van der Waals surface area contributed by atoms with Crippen molar-refractivity contribution in [3.05, 3.63) is 60.1 Å². The standard InChI is InChI=1S/C28H36N4O6/c1-2-16-32-24(33)22(11-6-7-15-29-27(36)38-20-21-9-4-3-5-10-21)30-26(35)28(32)13-17-31(18-14-28)25(34)23-12-8-19-37-23/h3-5,8-10,12,19,22H,2,6-7,11,13-18,20H2,1H3,(H,29,36)(H,30,35)/t22-/m0/s1. The maximum Gasteiger partial charge on any atom is 0.407 e. The fourth-order valence-electron chi connectivity index (χ4n) is 5.19. The predicted octanol–water partition coefficient (Wildman–Crippen LogP) is 3.09. The number of piperidine rings is 1. The third kappa shape index (κ3) is 6.17. The van der Waals surface area contributed by atoms with Crippen molar-refractivity contribution in [3.8, 4) is 0 Å². The van der Waals surface area contributed by atoms with Crippen LogP contribution in [-0.2, 0) is 20.9 Å². The van der Waals surface area contributed by atoms with Crippen molar-refractivity contribution in [2.24, 2.45) is 0 Å². The van der Waals surface area contributed by atoms with Crippen LogP contribution in [0, 0.1) is 0 Å². The number of piperazine rings is 1. The van der Waals surface area contributed by atoms with Gasteiger partial charge < -0.3 is 29.6 Å². The average molecular weight is 525 g/mol. The first-order valence-corrected chi connectivity index (χ1v) is 13.3. The van der Waals surface area contributed by atoms with E-state index in [1.54, 1.807) is 21.9 Å². The Kier molecular flexibility index (Phi) is 9.04. The molecular formula is C28H36N4O6. The number of likely N-dealkylation sites (tertiary alicyclic amines) is 1. The SMILES string of the molecule is CCCN1C(=O)[C@H](CCCCNC(=O)OCc2ccccc2)NC(=O)C12CCN(C(=O)c1ccco1)CC2. The van der Waals surface area contributed by atoms with Gasteiger partial charge >= 0.3 is 6.09 Å². The molecule has 4 rings (SSSR count). The third-order valence-electron chi connectivity index (χ3n) is 7.27. The number of hydrogen-bond donors (Lipinski definition) is 2. The van der Waals surface area contributed by atoms with Crippen LogP contribution in [0.5, 0.6) is 0 Å². The second-order valence-electron chi connectivity index (χ2n) is 9.80. The number of nitrogens with one attached hydrogen (secondary N) is 2. The molecule has 1 atom stereocenters. The Labute approximate surface area is 222 Å². The summed E-state index contributed by atoms with van der Waals surface area (Å²) in [5, 5.41) is 5.69. The summed E-state index contributed by atoms with van der Waals surface area (Å²) < 4.78 is 10.4. The molecule has 0 saturated carbocycles. The summed E-state index contributed by atoms with van der Waals surface area (Å²) in [6, 6.07) is 12.2. The number of benzene rings is 1. The molecule has 4 amide bonds. The zero-order valence-electron chi connectivity index (χ0n) is 21.8. The molecule has 1 aromatic heterocycles. The summed E-state index contributed by atoms with van der Waals surface area (Å²) in [6.07, 6.45) is 4.29. The summed E-state index contributed by atoms with van der Waals surface area (Å²) in [4.78, 5) is 54.8. The number of unbranched alkanes of at least 4 members (excludes halogenated alkanes) is 1. The van der Waals surface area contributed by atoms with Crippen LogP contribution in [0.3, 0.4) is 0 Å². The fourth-order valence-corrected chi connectivity index (χ4v) is 5.19. The largest absolute Gasteiger partial charge is 0.459 e. The van der Waals surface area contributed by atoms with Gasteiger partial charge in [-0.3, -0.25) is 14.4 Å². The molecule has 3 heterocycles. The molecule has 2 aliphatic heterocycles. The molecule has 10 heteroatoms. The smallest absolute Gasteiger partial charge is 0.407 e. The van der Waals surface area contributed by atoms with E-state index in [1.807, 2.05) is 37.3 Å². The first-order valence-electron chi connectivity index (χ1n) is 13.3. The second-order valence-corrected chi connectivity index (χ2v) is 9.80. The molecule has 2 N–H and O–H groups in total. The van der Waals surface area contributed by atoms with Gasteiger partial charge in [-0.25, -0.2) is 4.79 Å². The minimum Gasteiger partial charge on any atom is -0.459 e. The van der Waals surface area contributed by atoms with Gasteiger partial charge in [0, 0.05) is 26.2 Å². The topological polar surface area (TPSA) is 121 Å². The highest BCUT2D eigenvalue weighted by molar-refractivity contribution is 6.00. The molecule has 2 aromatic rings. The van der Waals surface area contributed by atoms with Crippen LogP contribution < -0.4 is 10.6 Å². The van der Waals surface area contributed by atoms with Crippen molar-refractivity contribution >= 4 is 23.8 Å². The van der Waals surface area contributed by atoms with Gasteiger partial charge in [0.15, 0.2) is 5.76 Å². The lowest BCUT2D eigenvalue weighted by atomic mass is 9.81. The molecule has 38 heavy (non-hydrogen) atoms. The quantitative estimate of drug-likeness (QED) is 0.461. The summed E-state index contributed by atoms with van der Waals surface area (Å²) in [5.41, 5.74) is -0.0217. The predicted molar refractivity (Wildman–Crippen MR) is 139 cm³/mol. The normalized spacial score (nSPS) is 18.8. The number of hydrogen-bond acceptors (Lipinski definition) is 6. The van der Waals surface area contributed by atoms with Gasteiger partial charge in [-0.2, -0.15) is 0 Å². The van der Waals surface area contributed by atoms with Gasteiger partial charge in [-0.05, 0) is 56.2 Å². The Hall–Kier alpha value is -3.82. The molecular weight excluding hydrogens is 488 g/mol. The number of carbonyl (C=O) groups is 4.